The molecule has 0 N–H and O–H groups in total. The third-order valence-electron chi connectivity index (χ3n) is 2.41. The van der Waals surface area contributed by atoms with Crippen molar-refractivity contribution in [3.05, 3.63) is 34.9 Å². The molecule has 1 atom stereocenters. The van der Waals surface area contributed by atoms with Crippen LogP contribution >= 0.6 is 0 Å². The lowest BCUT2D eigenvalue weighted by atomic mass is 9.97. The fourth-order valence-corrected chi connectivity index (χ4v) is 1.54. The van der Waals surface area contributed by atoms with Crippen LogP contribution in [0.25, 0.3) is 0 Å². The van der Waals surface area contributed by atoms with Crippen LogP contribution in [0.2, 0.25) is 0 Å². The highest BCUT2D eigenvalue weighted by Crippen LogP contribution is 2.36. The maximum Gasteiger partial charge on any atom is 0.416 e. The monoisotopic (exact) mass is 281 g/mol. The van der Waals surface area contributed by atoms with Crippen molar-refractivity contribution in [2.45, 2.75) is 25.7 Å². The van der Waals surface area contributed by atoms with Crippen molar-refractivity contribution in [2.24, 2.45) is 5.92 Å². The fraction of sp³-hybridized carbons (Fsp3) is 0.417. The number of nitrogens with zero attached hydrogens (tertiary/aromatic N) is 1. The Labute approximate surface area is 105 Å². The molecular weight excluding hydrogens is 272 g/mol. The molecule has 0 bridgehead atoms. The first-order valence-electron chi connectivity index (χ1n) is 5.22. The van der Waals surface area contributed by atoms with Gasteiger partial charge in [0.15, 0.2) is 0 Å². The summed E-state index contributed by atoms with van der Waals surface area (Å²) in [5.74, 6) is -0.662. The van der Waals surface area contributed by atoms with Gasteiger partial charge in [0.05, 0.1) is 17.2 Å². The van der Waals surface area contributed by atoms with Crippen molar-refractivity contribution >= 4 is 0 Å². The number of hydrogen-bond donors (Lipinski definition) is 0. The average molecular weight is 281 g/mol. The molecule has 1 rings (SSSR count). The van der Waals surface area contributed by atoms with Crippen LogP contribution in [-0.4, -0.2) is 0 Å². The second kappa shape index (κ2) is 5.11. The molecule has 0 fully saturated rings. The average Bonchev–Trinajstić information content (AvgIpc) is 2.26. The van der Waals surface area contributed by atoms with Crippen LogP contribution in [0.5, 0.6) is 0 Å². The van der Waals surface area contributed by atoms with E-state index in [-0.39, 0.29) is 18.1 Å². The summed E-state index contributed by atoms with van der Waals surface area (Å²) in [6.45, 7) is 1.42. The Kier molecular flexibility index (Phi) is 4.13. The minimum Gasteiger partial charge on any atom is -0.198 e. The Bertz CT molecular complexity index is 462. The van der Waals surface area contributed by atoms with Crippen LogP contribution in [0.4, 0.5) is 26.3 Å². The minimum atomic E-state index is -4.86. The van der Waals surface area contributed by atoms with Crippen molar-refractivity contribution in [1.82, 2.24) is 0 Å². The van der Waals surface area contributed by atoms with Crippen molar-refractivity contribution in [3.8, 4) is 6.07 Å². The standard InChI is InChI=1S/C12H9F6N/c1-7(6-19)2-8-3-9(11(13,14)15)5-10(4-8)12(16,17)18/h3-5,7H,2H2,1H3. The van der Waals surface area contributed by atoms with Crippen LogP contribution in [0.3, 0.4) is 0 Å². The van der Waals surface area contributed by atoms with Gasteiger partial charge in [-0.1, -0.05) is 0 Å². The zero-order valence-electron chi connectivity index (χ0n) is 9.73. The van der Waals surface area contributed by atoms with Gasteiger partial charge in [0.2, 0.25) is 0 Å². The summed E-state index contributed by atoms with van der Waals surface area (Å²) in [7, 11) is 0. The van der Waals surface area contributed by atoms with E-state index in [2.05, 4.69) is 0 Å². The molecule has 0 aliphatic carbocycles. The van der Waals surface area contributed by atoms with Gasteiger partial charge in [0.25, 0.3) is 0 Å². The summed E-state index contributed by atoms with van der Waals surface area (Å²) >= 11 is 0. The van der Waals surface area contributed by atoms with E-state index < -0.39 is 29.4 Å². The second-order valence-electron chi connectivity index (χ2n) is 4.15. The first-order valence-corrected chi connectivity index (χ1v) is 5.22. The van der Waals surface area contributed by atoms with E-state index in [1.165, 1.54) is 6.92 Å². The van der Waals surface area contributed by atoms with Gasteiger partial charge in [-0.05, 0) is 37.1 Å². The van der Waals surface area contributed by atoms with E-state index in [0.29, 0.717) is 12.1 Å². The Morgan fingerprint density at radius 3 is 1.74 bits per heavy atom. The van der Waals surface area contributed by atoms with Crippen molar-refractivity contribution in [2.75, 3.05) is 0 Å². The van der Waals surface area contributed by atoms with Gasteiger partial charge < -0.3 is 0 Å². The van der Waals surface area contributed by atoms with Gasteiger partial charge in [0.1, 0.15) is 0 Å². The molecule has 0 aromatic heterocycles. The molecule has 0 saturated carbocycles. The van der Waals surface area contributed by atoms with Gasteiger partial charge in [-0.2, -0.15) is 31.6 Å². The maximum absolute atomic E-state index is 12.5. The van der Waals surface area contributed by atoms with Gasteiger partial charge in [0, 0.05) is 5.92 Å². The normalized spacial score (nSPS) is 14.0. The van der Waals surface area contributed by atoms with Crippen molar-refractivity contribution in [3.63, 3.8) is 0 Å². The molecule has 1 aromatic rings. The number of halogens is 6. The summed E-state index contributed by atoms with van der Waals surface area (Å²) in [6.07, 6.45) is -9.87. The Morgan fingerprint density at radius 2 is 1.42 bits per heavy atom. The molecule has 7 heteroatoms. The van der Waals surface area contributed by atoms with Gasteiger partial charge >= 0.3 is 12.4 Å². The lowest BCUT2D eigenvalue weighted by molar-refractivity contribution is -0.143. The quantitative estimate of drug-likeness (QED) is 0.736. The van der Waals surface area contributed by atoms with Crippen LogP contribution in [-0.2, 0) is 18.8 Å². The van der Waals surface area contributed by atoms with E-state index in [0.717, 1.165) is 0 Å². The molecule has 0 heterocycles. The molecule has 0 spiro atoms. The lowest BCUT2D eigenvalue weighted by Crippen LogP contribution is -2.12. The highest BCUT2D eigenvalue weighted by molar-refractivity contribution is 5.34. The molecule has 104 valence electrons. The summed E-state index contributed by atoms with van der Waals surface area (Å²) in [4.78, 5) is 0. The summed E-state index contributed by atoms with van der Waals surface area (Å²) < 4.78 is 75.1. The number of nitriles is 1. The molecule has 1 aromatic carbocycles. The predicted octanol–water partition coefficient (Wildman–Crippen LogP) is 4.43. The highest BCUT2D eigenvalue weighted by atomic mass is 19.4. The molecule has 1 unspecified atom stereocenters. The van der Waals surface area contributed by atoms with E-state index in [1.807, 2.05) is 0 Å². The van der Waals surface area contributed by atoms with Crippen LogP contribution in [0.1, 0.15) is 23.6 Å². The molecular formula is C12H9F6N. The summed E-state index contributed by atoms with van der Waals surface area (Å²) in [5.41, 5.74) is -2.87. The Balaban J connectivity index is 3.30. The summed E-state index contributed by atoms with van der Waals surface area (Å²) in [6, 6.07) is 3.12. The minimum absolute atomic E-state index is 0.0700. The molecule has 19 heavy (non-hydrogen) atoms. The van der Waals surface area contributed by atoms with E-state index in [1.54, 1.807) is 6.07 Å². The largest absolute Gasteiger partial charge is 0.416 e. The fourth-order valence-electron chi connectivity index (χ4n) is 1.54. The second-order valence-corrected chi connectivity index (χ2v) is 4.15. The van der Waals surface area contributed by atoms with E-state index in [9.17, 15) is 26.3 Å². The smallest absolute Gasteiger partial charge is 0.198 e. The van der Waals surface area contributed by atoms with Crippen molar-refractivity contribution < 1.29 is 26.3 Å². The molecule has 0 amide bonds. The zero-order valence-corrected chi connectivity index (χ0v) is 9.73. The molecule has 0 aliphatic heterocycles. The molecule has 1 nitrogen and oxygen atoms in total. The first-order chi connectivity index (χ1) is 8.54. The number of rotatable bonds is 2. The number of hydrogen-bond acceptors (Lipinski definition) is 1. The van der Waals surface area contributed by atoms with Crippen molar-refractivity contribution in [1.29, 1.82) is 5.26 Å². The third kappa shape index (κ3) is 4.16. The third-order valence-corrected chi connectivity index (χ3v) is 2.41. The van der Waals surface area contributed by atoms with Crippen LogP contribution in [0, 0.1) is 17.2 Å². The molecule has 0 aliphatic rings. The summed E-state index contributed by atoms with van der Waals surface area (Å²) in [5, 5.41) is 8.56. The van der Waals surface area contributed by atoms with E-state index >= 15 is 0 Å². The SMILES string of the molecule is CC(C#N)Cc1cc(C(F)(F)F)cc(C(F)(F)F)c1. The van der Waals surface area contributed by atoms with Crippen LogP contribution < -0.4 is 0 Å². The topological polar surface area (TPSA) is 23.8 Å². The lowest BCUT2D eigenvalue weighted by Gasteiger charge is -2.14. The van der Waals surface area contributed by atoms with Crippen LogP contribution in [0.15, 0.2) is 18.2 Å². The van der Waals surface area contributed by atoms with Gasteiger partial charge in [-0.3, -0.25) is 0 Å². The first kappa shape index (κ1) is 15.3. The number of alkyl halides is 6. The number of benzene rings is 1. The molecule has 0 radical (unpaired) electrons. The Hall–Kier alpha value is -1.71. The predicted molar refractivity (Wildman–Crippen MR) is 54.9 cm³/mol. The van der Waals surface area contributed by atoms with Gasteiger partial charge in [-0.15, -0.1) is 0 Å². The zero-order chi connectivity index (χ0) is 14.8. The highest BCUT2D eigenvalue weighted by Gasteiger charge is 2.36. The van der Waals surface area contributed by atoms with E-state index in [4.69, 9.17) is 5.26 Å². The maximum atomic E-state index is 12.5. The van der Waals surface area contributed by atoms with Gasteiger partial charge in [-0.25, -0.2) is 0 Å². The Morgan fingerprint density at radius 1 is 1.00 bits per heavy atom. The molecule has 0 saturated heterocycles.